The monoisotopic (exact) mass is 173 g/mol. The maximum atomic E-state index is 10.5. The van der Waals surface area contributed by atoms with Crippen LogP contribution in [0.1, 0.15) is 32.6 Å². The fourth-order valence-corrected chi connectivity index (χ4v) is 1.06. The number of carbonyl (C=O) groups is 2. The molecular weight excluding hydrogens is 158 g/mol. The average molecular weight is 173 g/mol. The Morgan fingerprint density at radius 1 is 1.42 bits per heavy atom. The van der Waals surface area contributed by atoms with Crippen molar-refractivity contribution in [2.75, 3.05) is 0 Å². The zero-order valence-electron chi connectivity index (χ0n) is 7.25. The molecule has 0 saturated heterocycles. The maximum Gasteiger partial charge on any atom is 0.306 e. The first-order valence-corrected chi connectivity index (χ1v) is 4.09. The molecule has 0 radical (unpaired) electrons. The highest BCUT2D eigenvalue weighted by Crippen LogP contribution is 2.13. The smallest absolute Gasteiger partial charge is 0.306 e. The Hall–Kier alpha value is -1.06. The first-order chi connectivity index (χ1) is 5.57. The van der Waals surface area contributed by atoms with Gasteiger partial charge >= 0.3 is 5.97 Å². The summed E-state index contributed by atoms with van der Waals surface area (Å²) < 4.78 is 0. The third kappa shape index (κ3) is 4.71. The van der Waals surface area contributed by atoms with Crippen molar-refractivity contribution in [3.8, 4) is 0 Å². The lowest BCUT2D eigenvalue weighted by Crippen LogP contribution is -2.18. The van der Waals surface area contributed by atoms with Gasteiger partial charge in [-0.15, -0.1) is 0 Å². The quantitative estimate of drug-likeness (QED) is 0.622. The third-order valence-electron chi connectivity index (χ3n) is 1.73. The fourth-order valence-electron chi connectivity index (χ4n) is 1.06. The van der Waals surface area contributed by atoms with Crippen LogP contribution in [0.4, 0.5) is 0 Å². The van der Waals surface area contributed by atoms with E-state index in [1.807, 2.05) is 6.92 Å². The van der Waals surface area contributed by atoms with Gasteiger partial charge in [0.15, 0.2) is 0 Å². The molecule has 0 aliphatic carbocycles. The summed E-state index contributed by atoms with van der Waals surface area (Å²) in [5.74, 6) is -1.68. The van der Waals surface area contributed by atoms with Crippen molar-refractivity contribution < 1.29 is 14.7 Å². The molecule has 0 aromatic heterocycles. The van der Waals surface area contributed by atoms with Crippen LogP contribution < -0.4 is 5.73 Å². The second-order valence-corrected chi connectivity index (χ2v) is 2.83. The lowest BCUT2D eigenvalue weighted by molar-refractivity contribution is -0.142. The Morgan fingerprint density at radius 2 is 2.00 bits per heavy atom. The van der Waals surface area contributed by atoms with Gasteiger partial charge < -0.3 is 10.8 Å². The van der Waals surface area contributed by atoms with E-state index in [1.54, 1.807) is 0 Å². The number of hydrogen-bond acceptors (Lipinski definition) is 2. The Balaban J connectivity index is 3.79. The molecule has 3 N–H and O–H groups in total. The molecule has 0 heterocycles. The molecule has 0 aliphatic heterocycles. The van der Waals surface area contributed by atoms with Crippen LogP contribution in [0, 0.1) is 5.92 Å². The van der Waals surface area contributed by atoms with Gasteiger partial charge in [0.2, 0.25) is 5.91 Å². The highest BCUT2D eigenvalue weighted by atomic mass is 16.4. The van der Waals surface area contributed by atoms with E-state index in [2.05, 4.69) is 0 Å². The summed E-state index contributed by atoms with van der Waals surface area (Å²) in [4.78, 5) is 20.9. The Kier molecular flexibility index (Phi) is 5.08. The molecule has 0 bridgehead atoms. The van der Waals surface area contributed by atoms with E-state index >= 15 is 0 Å². The van der Waals surface area contributed by atoms with Crippen molar-refractivity contribution in [2.45, 2.75) is 32.6 Å². The third-order valence-corrected chi connectivity index (χ3v) is 1.73. The number of carboxylic acid groups (broad SMARTS) is 1. The number of primary amides is 1. The minimum Gasteiger partial charge on any atom is -0.481 e. The van der Waals surface area contributed by atoms with Gasteiger partial charge in [-0.2, -0.15) is 0 Å². The molecule has 70 valence electrons. The Bertz CT molecular complexity index is 168. The number of carboxylic acids is 1. The second kappa shape index (κ2) is 5.57. The van der Waals surface area contributed by atoms with Gasteiger partial charge in [-0.3, -0.25) is 9.59 Å². The van der Waals surface area contributed by atoms with Crippen LogP contribution in [0.3, 0.4) is 0 Å². The van der Waals surface area contributed by atoms with E-state index in [9.17, 15) is 9.59 Å². The summed E-state index contributed by atoms with van der Waals surface area (Å²) in [6.45, 7) is 1.92. The predicted molar refractivity (Wildman–Crippen MR) is 44.5 cm³/mol. The van der Waals surface area contributed by atoms with E-state index in [4.69, 9.17) is 10.8 Å². The first kappa shape index (κ1) is 10.9. The molecule has 4 nitrogen and oxygen atoms in total. The molecule has 0 aromatic rings. The molecule has 0 rings (SSSR count). The summed E-state index contributed by atoms with van der Waals surface area (Å²) in [6.07, 6.45) is 1.95. The van der Waals surface area contributed by atoms with Crippen molar-refractivity contribution >= 4 is 11.9 Å². The number of hydrogen-bond donors (Lipinski definition) is 2. The lowest BCUT2D eigenvalue weighted by atomic mass is 9.98. The SMILES string of the molecule is CCCC(CCC(N)=O)C(=O)O. The van der Waals surface area contributed by atoms with Gasteiger partial charge in [-0.1, -0.05) is 13.3 Å². The van der Waals surface area contributed by atoms with E-state index in [-0.39, 0.29) is 6.42 Å². The van der Waals surface area contributed by atoms with Crippen LogP contribution in [0.15, 0.2) is 0 Å². The summed E-state index contributed by atoms with van der Waals surface area (Å²) in [6, 6.07) is 0. The molecular formula is C8H15NO3. The van der Waals surface area contributed by atoms with Crippen molar-refractivity contribution in [3.63, 3.8) is 0 Å². The topological polar surface area (TPSA) is 80.4 Å². The molecule has 4 heteroatoms. The van der Waals surface area contributed by atoms with Crippen LogP contribution in [0.5, 0.6) is 0 Å². The minimum atomic E-state index is -0.835. The maximum absolute atomic E-state index is 10.5. The summed E-state index contributed by atoms with van der Waals surface area (Å²) in [5.41, 5.74) is 4.91. The zero-order valence-corrected chi connectivity index (χ0v) is 7.25. The van der Waals surface area contributed by atoms with Crippen LogP contribution >= 0.6 is 0 Å². The van der Waals surface area contributed by atoms with Crippen molar-refractivity contribution in [3.05, 3.63) is 0 Å². The molecule has 1 amide bonds. The highest BCUT2D eigenvalue weighted by molar-refractivity contribution is 5.75. The van der Waals surface area contributed by atoms with E-state index in [0.29, 0.717) is 12.8 Å². The zero-order chi connectivity index (χ0) is 9.56. The number of carbonyl (C=O) groups excluding carboxylic acids is 1. The van der Waals surface area contributed by atoms with Gasteiger partial charge in [-0.05, 0) is 12.8 Å². The van der Waals surface area contributed by atoms with Crippen LogP contribution in [0.2, 0.25) is 0 Å². The van der Waals surface area contributed by atoms with E-state index < -0.39 is 17.8 Å². The van der Waals surface area contributed by atoms with Gasteiger partial charge in [0.25, 0.3) is 0 Å². The fraction of sp³-hybridized carbons (Fsp3) is 0.750. The molecule has 1 atom stereocenters. The van der Waals surface area contributed by atoms with Gasteiger partial charge in [0.1, 0.15) is 0 Å². The average Bonchev–Trinajstić information content (AvgIpc) is 1.96. The minimum absolute atomic E-state index is 0.164. The summed E-state index contributed by atoms with van der Waals surface area (Å²) >= 11 is 0. The second-order valence-electron chi connectivity index (χ2n) is 2.83. The molecule has 12 heavy (non-hydrogen) atoms. The first-order valence-electron chi connectivity index (χ1n) is 4.09. The van der Waals surface area contributed by atoms with E-state index in [0.717, 1.165) is 6.42 Å². The lowest BCUT2D eigenvalue weighted by Gasteiger charge is -2.08. The molecule has 1 unspecified atom stereocenters. The molecule has 0 aliphatic rings. The van der Waals surface area contributed by atoms with Gasteiger partial charge in [-0.25, -0.2) is 0 Å². The van der Waals surface area contributed by atoms with E-state index in [1.165, 1.54) is 0 Å². The Morgan fingerprint density at radius 3 is 2.33 bits per heavy atom. The molecule has 0 spiro atoms. The number of aliphatic carboxylic acids is 1. The Labute approximate surface area is 71.8 Å². The van der Waals surface area contributed by atoms with Crippen LogP contribution in [-0.2, 0) is 9.59 Å². The van der Waals surface area contributed by atoms with Gasteiger partial charge in [0, 0.05) is 6.42 Å². The molecule has 0 aromatic carbocycles. The van der Waals surface area contributed by atoms with Crippen LogP contribution in [0.25, 0.3) is 0 Å². The number of rotatable bonds is 6. The van der Waals surface area contributed by atoms with Gasteiger partial charge in [0.05, 0.1) is 5.92 Å². The number of amides is 1. The van der Waals surface area contributed by atoms with Crippen molar-refractivity contribution in [1.29, 1.82) is 0 Å². The summed E-state index contributed by atoms with van der Waals surface area (Å²) in [5, 5.41) is 8.67. The van der Waals surface area contributed by atoms with Crippen molar-refractivity contribution in [2.24, 2.45) is 11.7 Å². The van der Waals surface area contributed by atoms with Crippen molar-refractivity contribution in [1.82, 2.24) is 0 Å². The highest BCUT2D eigenvalue weighted by Gasteiger charge is 2.16. The standard InChI is InChI=1S/C8H15NO3/c1-2-3-6(8(11)12)4-5-7(9)10/h6H,2-5H2,1H3,(H2,9,10)(H,11,12). The molecule has 0 saturated carbocycles. The molecule has 0 fully saturated rings. The van der Waals surface area contributed by atoms with Crippen LogP contribution in [-0.4, -0.2) is 17.0 Å². The normalized spacial score (nSPS) is 12.4. The largest absolute Gasteiger partial charge is 0.481 e. The summed E-state index contributed by atoms with van der Waals surface area (Å²) in [7, 11) is 0. The number of nitrogens with two attached hydrogens (primary N) is 1. The predicted octanol–water partition coefficient (Wildman–Crippen LogP) is 0.753.